The van der Waals surface area contributed by atoms with E-state index < -0.39 is 0 Å². The number of hydrogen-bond donors (Lipinski definition) is 0. The molecule has 0 aromatic heterocycles. The first kappa shape index (κ1) is 20.0. The van der Waals surface area contributed by atoms with Crippen LogP contribution in [0, 0.1) is 11.3 Å². The fourth-order valence-electron chi connectivity index (χ4n) is 5.32. The minimum absolute atomic E-state index is 0.0295. The van der Waals surface area contributed by atoms with Crippen LogP contribution in [0.25, 0.3) is 0 Å². The number of benzene rings is 1. The number of methoxy groups -OCH3 is 2. The van der Waals surface area contributed by atoms with E-state index in [0.717, 1.165) is 45.4 Å². The Bertz CT molecular complexity index is 746. The van der Waals surface area contributed by atoms with E-state index >= 15 is 0 Å². The molecule has 2 saturated heterocycles. The second kappa shape index (κ2) is 8.25. The molecule has 2 aliphatic heterocycles. The Morgan fingerprint density at radius 1 is 1.00 bits per heavy atom. The Morgan fingerprint density at radius 3 is 2.21 bits per heavy atom. The predicted molar refractivity (Wildman–Crippen MR) is 110 cm³/mol. The molecule has 3 aliphatic rings. The van der Waals surface area contributed by atoms with E-state index in [1.54, 1.807) is 32.4 Å². The lowest BCUT2D eigenvalue weighted by atomic mass is 9.62. The molecule has 6 heteroatoms. The molecule has 3 fully saturated rings. The van der Waals surface area contributed by atoms with E-state index in [9.17, 15) is 9.59 Å². The van der Waals surface area contributed by atoms with Crippen molar-refractivity contribution >= 4 is 11.8 Å². The molecule has 1 aromatic rings. The summed E-state index contributed by atoms with van der Waals surface area (Å²) in [6.45, 7) is 3.37. The molecular weight excluding hydrogens is 368 g/mol. The van der Waals surface area contributed by atoms with Gasteiger partial charge < -0.3 is 19.3 Å². The highest BCUT2D eigenvalue weighted by Gasteiger charge is 2.51. The van der Waals surface area contributed by atoms with Gasteiger partial charge in [0.2, 0.25) is 5.91 Å². The molecule has 0 N–H and O–H groups in total. The van der Waals surface area contributed by atoms with E-state index in [1.807, 2.05) is 9.80 Å². The zero-order valence-corrected chi connectivity index (χ0v) is 17.6. The lowest BCUT2D eigenvalue weighted by Crippen LogP contribution is -2.39. The van der Waals surface area contributed by atoms with Crippen LogP contribution in [0.4, 0.5) is 0 Å². The summed E-state index contributed by atoms with van der Waals surface area (Å²) in [4.78, 5) is 29.8. The summed E-state index contributed by atoms with van der Waals surface area (Å²) >= 11 is 0. The molecule has 0 bridgehead atoms. The topological polar surface area (TPSA) is 59.1 Å². The number of carbonyl (C=O) groups is 2. The molecule has 6 nitrogen and oxygen atoms in total. The smallest absolute Gasteiger partial charge is 0.254 e. The number of likely N-dealkylation sites (tertiary alicyclic amines) is 2. The van der Waals surface area contributed by atoms with Crippen molar-refractivity contribution in [3.8, 4) is 11.5 Å². The predicted octanol–water partition coefficient (Wildman–Crippen LogP) is 3.35. The maximum Gasteiger partial charge on any atom is 0.254 e. The summed E-state index contributed by atoms with van der Waals surface area (Å²) in [5, 5.41) is 0. The van der Waals surface area contributed by atoms with Crippen LogP contribution in [0.1, 0.15) is 55.3 Å². The normalized spacial score (nSPS) is 22.6. The van der Waals surface area contributed by atoms with Gasteiger partial charge in [-0.3, -0.25) is 9.59 Å². The van der Waals surface area contributed by atoms with E-state index in [1.165, 1.54) is 19.3 Å². The Hall–Kier alpha value is -2.24. The van der Waals surface area contributed by atoms with E-state index in [0.29, 0.717) is 35.3 Å². The second-order valence-electron chi connectivity index (χ2n) is 8.83. The molecule has 2 amide bonds. The Labute approximate surface area is 173 Å². The Balaban J connectivity index is 1.44. The standard InChI is InChI=1S/C23H32N2O4/c1-28-19-12-17(13-20(14-19)29-2)22(27)25-15-18(23(16-25)8-5-9-23)6-7-21(26)24-10-3-4-11-24/h12-14,18H,3-11,15-16H2,1-2H3. The lowest BCUT2D eigenvalue weighted by molar-refractivity contribution is -0.130. The molecular formula is C23H32N2O4. The second-order valence-corrected chi connectivity index (χ2v) is 8.83. The van der Waals surface area contributed by atoms with Crippen molar-refractivity contribution < 1.29 is 19.1 Å². The minimum atomic E-state index is 0.0295. The average molecular weight is 401 g/mol. The minimum Gasteiger partial charge on any atom is -0.497 e. The van der Waals surface area contributed by atoms with Crippen LogP contribution < -0.4 is 9.47 Å². The van der Waals surface area contributed by atoms with Gasteiger partial charge in [-0.1, -0.05) is 6.42 Å². The molecule has 1 unspecified atom stereocenters. The third kappa shape index (κ3) is 3.94. The largest absolute Gasteiger partial charge is 0.497 e. The summed E-state index contributed by atoms with van der Waals surface area (Å²) < 4.78 is 10.7. The van der Waals surface area contributed by atoms with Crippen molar-refractivity contribution in [1.29, 1.82) is 0 Å². The third-order valence-corrected chi connectivity index (χ3v) is 7.21. The number of amides is 2. The molecule has 158 valence electrons. The van der Waals surface area contributed by atoms with Crippen molar-refractivity contribution in [3.63, 3.8) is 0 Å². The molecule has 29 heavy (non-hydrogen) atoms. The van der Waals surface area contributed by atoms with Crippen LogP contribution in [0.5, 0.6) is 11.5 Å². The quantitative estimate of drug-likeness (QED) is 0.735. The molecule has 0 radical (unpaired) electrons. The number of nitrogens with zero attached hydrogens (tertiary/aromatic N) is 2. The fourth-order valence-corrected chi connectivity index (χ4v) is 5.32. The number of hydrogen-bond acceptors (Lipinski definition) is 4. The van der Waals surface area contributed by atoms with Crippen LogP contribution in [0.15, 0.2) is 18.2 Å². The van der Waals surface area contributed by atoms with Gasteiger partial charge in [0.05, 0.1) is 14.2 Å². The van der Waals surface area contributed by atoms with Gasteiger partial charge >= 0.3 is 0 Å². The van der Waals surface area contributed by atoms with Crippen molar-refractivity contribution in [1.82, 2.24) is 9.80 Å². The Morgan fingerprint density at radius 2 is 1.66 bits per heavy atom. The number of rotatable bonds is 6. The molecule has 1 aliphatic carbocycles. The summed E-state index contributed by atoms with van der Waals surface area (Å²) in [5.74, 6) is 1.98. The van der Waals surface area contributed by atoms with E-state index in [4.69, 9.17) is 9.47 Å². The zero-order chi connectivity index (χ0) is 20.4. The van der Waals surface area contributed by atoms with Crippen molar-refractivity contribution in [3.05, 3.63) is 23.8 Å². The summed E-state index contributed by atoms with van der Waals surface area (Å²) in [7, 11) is 3.19. The van der Waals surface area contributed by atoms with Gasteiger partial charge in [-0.15, -0.1) is 0 Å². The Kier molecular flexibility index (Phi) is 5.70. The average Bonchev–Trinajstić information content (AvgIpc) is 3.38. The highest BCUT2D eigenvalue weighted by atomic mass is 16.5. The van der Waals surface area contributed by atoms with Crippen LogP contribution in [-0.2, 0) is 4.79 Å². The first-order valence-electron chi connectivity index (χ1n) is 10.8. The van der Waals surface area contributed by atoms with Gasteiger partial charge in [-0.05, 0) is 55.6 Å². The molecule has 1 saturated carbocycles. The van der Waals surface area contributed by atoms with E-state index in [-0.39, 0.29) is 11.3 Å². The monoisotopic (exact) mass is 400 g/mol. The van der Waals surface area contributed by atoms with Crippen LogP contribution >= 0.6 is 0 Å². The van der Waals surface area contributed by atoms with Crippen molar-refractivity contribution in [2.24, 2.45) is 11.3 Å². The molecule has 2 heterocycles. The van der Waals surface area contributed by atoms with Crippen LogP contribution in [-0.4, -0.2) is 62.0 Å². The number of ether oxygens (including phenoxy) is 2. The van der Waals surface area contributed by atoms with Gasteiger partial charge in [-0.25, -0.2) is 0 Å². The van der Waals surface area contributed by atoms with Gasteiger partial charge in [-0.2, -0.15) is 0 Å². The van der Waals surface area contributed by atoms with Crippen molar-refractivity contribution in [2.75, 3.05) is 40.4 Å². The lowest BCUT2D eigenvalue weighted by Gasteiger charge is -2.43. The van der Waals surface area contributed by atoms with Crippen LogP contribution in [0.3, 0.4) is 0 Å². The molecule has 4 rings (SSSR count). The maximum atomic E-state index is 13.2. The molecule has 1 aromatic carbocycles. The van der Waals surface area contributed by atoms with Gasteiger partial charge in [0.1, 0.15) is 11.5 Å². The highest BCUT2D eigenvalue weighted by Crippen LogP contribution is 2.53. The zero-order valence-electron chi connectivity index (χ0n) is 17.6. The van der Waals surface area contributed by atoms with Crippen LogP contribution in [0.2, 0.25) is 0 Å². The first-order chi connectivity index (χ1) is 14.0. The highest BCUT2D eigenvalue weighted by molar-refractivity contribution is 5.95. The SMILES string of the molecule is COc1cc(OC)cc(C(=O)N2CC(CCC(=O)N3CCCC3)C3(CCC3)C2)c1. The number of carbonyl (C=O) groups excluding carboxylic acids is 2. The summed E-state index contributed by atoms with van der Waals surface area (Å²) in [6.07, 6.45) is 7.33. The molecule has 1 atom stereocenters. The molecule has 1 spiro atoms. The van der Waals surface area contributed by atoms with Gasteiger partial charge in [0.25, 0.3) is 5.91 Å². The summed E-state index contributed by atoms with van der Waals surface area (Å²) in [5.41, 5.74) is 0.814. The first-order valence-corrected chi connectivity index (χ1v) is 10.8. The summed E-state index contributed by atoms with van der Waals surface area (Å²) in [6, 6.07) is 5.34. The van der Waals surface area contributed by atoms with E-state index in [2.05, 4.69) is 0 Å². The van der Waals surface area contributed by atoms with Gasteiger partial charge in [0.15, 0.2) is 0 Å². The van der Waals surface area contributed by atoms with Gasteiger partial charge in [0, 0.05) is 44.2 Å². The maximum absolute atomic E-state index is 13.2. The third-order valence-electron chi connectivity index (χ3n) is 7.21. The fraction of sp³-hybridized carbons (Fsp3) is 0.652. The van der Waals surface area contributed by atoms with Crippen molar-refractivity contribution in [2.45, 2.75) is 44.9 Å².